The molecule has 0 bridgehead atoms. The highest BCUT2D eigenvalue weighted by Gasteiger charge is 2.24. The molecular weight excluding hydrogens is 512 g/mol. The van der Waals surface area contributed by atoms with E-state index in [9.17, 15) is 14.7 Å². The van der Waals surface area contributed by atoms with Gasteiger partial charge >= 0.3 is 11.7 Å². The molecule has 1 atom stereocenters. The van der Waals surface area contributed by atoms with E-state index in [0.29, 0.717) is 41.5 Å². The van der Waals surface area contributed by atoms with Crippen LogP contribution in [0.1, 0.15) is 32.7 Å². The zero-order chi connectivity index (χ0) is 27.2. The van der Waals surface area contributed by atoms with E-state index >= 15 is 0 Å². The summed E-state index contributed by atoms with van der Waals surface area (Å²) < 4.78 is 17.3. The Labute approximate surface area is 221 Å². The van der Waals surface area contributed by atoms with Crippen LogP contribution in [0.5, 0.6) is 11.5 Å². The van der Waals surface area contributed by atoms with Gasteiger partial charge in [-0.05, 0) is 53.4 Å². The third kappa shape index (κ3) is 5.68. The molecule has 0 saturated carbocycles. The number of hydrogen-bond acceptors (Lipinski definition) is 9. The molecule has 0 aliphatic heterocycles. The van der Waals surface area contributed by atoms with E-state index in [1.54, 1.807) is 55.0 Å². The summed E-state index contributed by atoms with van der Waals surface area (Å²) in [6.07, 6.45) is 0. The van der Waals surface area contributed by atoms with Crippen LogP contribution in [-0.2, 0) is 4.74 Å². The van der Waals surface area contributed by atoms with Crippen molar-refractivity contribution in [3.8, 4) is 17.2 Å². The second-order valence-corrected chi connectivity index (χ2v) is 8.90. The number of ether oxygens (including phenoxy) is 3. The molecule has 0 spiro atoms. The maximum absolute atomic E-state index is 12.9. The fourth-order valence-electron chi connectivity index (χ4n) is 3.70. The van der Waals surface area contributed by atoms with Crippen molar-refractivity contribution in [3.05, 3.63) is 86.2 Å². The summed E-state index contributed by atoms with van der Waals surface area (Å²) in [7, 11) is 3.10. The maximum atomic E-state index is 12.9. The first-order chi connectivity index (χ1) is 18.3. The molecule has 1 unspecified atom stereocenters. The molecular formula is C25H26N6O6S. The van der Waals surface area contributed by atoms with Crippen LogP contribution in [0.25, 0.3) is 5.69 Å². The number of aromatic nitrogens is 3. The van der Waals surface area contributed by atoms with Crippen LogP contribution in [0.15, 0.2) is 58.7 Å². The van der Waals surface area contributed by atoms with Crippen molar-refractivity contribution < 1.29 is 24.1 Å². The molecule has 2 aromatic heterocycles. The summed E-state index contributed by atoms with van der Waals surface area (Å²) in [4.78, 5) is 27.2. The summed E-state index contributed by atoms with van der Waals surface area (Å²) in [5.41, 5.74) is 7.05. The molecule has 0 fully saturated rings. The highest BCUT2D eigenvalue weighted by Crippen LogP contribution is 2.33. The Kier molecular flexibility index (Phi) is 8.09. The number of amidine groups is 1. The number of carboxylic acid groups (broad SMARTS) is 1. The number of H-pyrrole nitrogens is 1. The van der Waals surface area contributed by atoms with E-state index in [4.69, 9.17) is 25.4 Å². The molecule has 2 aromatic carbocycles. The van der Waals surface area contributed by atoms with Gasteiger partial charge in [0, 0.05) is 18.4 Å². The monoisotopic (exact) mass is 538 g/mol. The number of carboxylic acids is 1. The standard InChI is InChI=1S/C25H26N6O6S/c1-35-10-11-37-18-8-5-15(13-19(18)36-2)20(28-16-6-3-14(4-7-16)22(26)27)23-29-25(34)31(30-23)17-9-12-38-21(17)24(32)33/h3-9,12-13,20,28H,10-11H2,1-2H3,(H3,26,27)(H,32,33)(H,29,30,34). The molecule has 4 aromatic rings. The lowest BCUT2D eigenvalue weighted by Gasteiger charge is -2.20. The Hall–Kier alpha value is -4.62. The Balaban J connectivity index is 1.76. The molecule has 4 rings (SSSR count). The van der Waals surface area contributed by atoms with Gasteiger partial charge in [0.1, 0.15) is 23.4 Å². The Morgan fingerprint density at radius 2 is 1.95 bits per heavy atom. The maximum Gasteiger partial charge on any atom is 0.348 e. The van der Waals surface area contributed by atoms with Crippen molar-refractivity contribution in [2.45, 2.75) is 6.04 Å². The van der Waals surface area contributed by atoms with E-state index in [2.05, 4.69) is 15.4 Å². The van der Waals surface area contributed by atoms with Crippen molar-refractivity contribution in [2.24, 2.45) is 5.73 Å². The average Bonchev–Trinajstić information content (AvgIpc) is 3.54. The SMILES string of the molecule is COCCOc1ccc(C(Nc2ccc(C(=N)N)cc2)c2nn(-c3ccsc3C(=O)O)c(=O)[nH]2)cc1OC. The molecule has 198 valence electrons. The Morgan fingerprint density at radius 3 is 2.61 bits per heavy atom. The Bertz CT molecular complexity index is 1490. The van der Waals surface area contributed by atoms with Gasteiger partial charge in [-0.2, -0.15) is 4.68 Å². The van der Waals surface area contributed by atoms with Gasteiger partial charge in [-0.15, -0.1) is 16.4 Å². The van der Waals surface area contributed by atoms with Gasteiger partial charge in [-0.1, -0.05) is 6.07 Å². The Morgan fingerprint density at radius 1 is 1.18 bits per heavy atom. The van der Waals surface area contributed by atoms with Gasteiger partial charge in [-0.3, -0.25) is 10.4 Å². The number of methoxy groups -OCH3 is 2. The van der Waals surface area contributed by atoms with Crippen molar-refractivity contribution >= 4 is 28.8 Å². The second-order valence-electron chi connectivity index (χ2n) is 7.99. The van der Waals surface area contributed by atoms with Gasteiger partial charge in [0.25, 0.3) is 0 Å². The third-order valence-corrected chi connectivity index (χ3v) is 6.44. The number of benzene rings is 2. The van der Waals surface area contributed by atoms with Crippen LogP contribution < -0.4 is 26.2 Å². The lowest BCUT2D eigenvalue weighted by Crippen LogP contribution is -2.17. The number of rotatable bonds is 12. The number of aromatic carboxylic acids is 1. The number of nitrogen functional groups attached to an aromatic ring is 1. The molecule has 12 nitrogen and oxygen atoms in total. The highest BCUT2D eigenvalue weighted by atomic mass is 32.1. The molecule has 13 heteroatoms. The molecule has 38 heavy (non-hydrogen) atoms. The number of nitrogens with zero attached hydrogens (tertiary/aromatic N) is 2. The van der Waals surface area contributed by atoms with E-state index in [-0.39, 0.29) is 22.2 Å². The number of thiophene rings is 1. The first-order valence-corrected chi connectivity index (χ1v) is 12.2. The van der Waals surface area contributed by atoms with Crippen molar-refractivity contribution in [1.29, 1.82) is 5.41 Å². The lowest BCUT2D eigenvalue weighted by molar-refractivity contribution is 0.0702. The molecule has 0 aliphatic rings. The minimum atomic E-state index is -1.15. The number of nitrogens with two attached hydrogens (primary N) is 1. The second kappa shape index (κ2) is 11.6. The third-order valence-electron chi connectivity index (χ3n) is 5.55. The van der Waals surface area contributed by atoms with Gasteiger partial charge < -0.3 is 30.4 Å². The number of aromatic amines is 1. The van der Waals surface area contributed by atoms with Crippen LogP contribution in [0.2, 0.25) is 0 Å². The largest absolute Gasteiger partial charge is 0.493 e. The quantitative estimate of drug-likeness (QED) is 0.103. The normalized spacial score (nSPS) is 11.6. The predicted molar refractivity (Wildman–Crippen MR) is 142 cm³/mol. The number of carbonyl (C=O) groups is 1. The molecule has 0 amide bonds. The molecule has 0 saturated heterocycles. The minimum Gasteiger partial charge on any atom is -0.493 e. The van der Waals surface area contributed by atoms with E-state index in [0.717, 1.165) is 16.0 Å². The summed E-state index contributed by atoms with van der Waals surface area (Å²) in [5, 5.41) is 26.5. The van der Waals surface area contributed by atoms with Crippen LogP contribution in [0.3, 0.4) is 0 Å². The van der Waals surface area contributed by atoms with Crippen LogP contribution in [-0.4, -0.2) is 59.1 Å². The summed E-state index contributed by atoms with van der Waals surface area (Å²) in [6.45, 7) is 0.742. The topological polar surface area (TPSA) is 178 Å². The van der Waals surface area contributed by atoms with Crippen molar-refractivity contribution in [2.75, 3.05) is 32.8 Å². The fraction of sp³-hybridized carbons (Fsp3) is 0.200. The number of anilines is 1. The summed E-state index contributed by atoms with van der Waals surface area (Å²) in [6, 6.07) is 13.0. The molecule has 6 N–H and O–H groups in total. The van der Waals surface area contributed by atoms with Crippen LogP contribution >= 0.6 is 11.3 Å². The smallest absolute Gasteiger partial charge is 0.348 e. The minimum absolute atomic E-state index is 0.00582. The van der Waals surface area contributed by atoms with E-state index < -0.39 is 17.7 Å². The number of hydrogen-bond donors (Lipinski definition) is 5. The van der Waals surface area contributed by atoms with Gasteiger partial charge in [-0.25, -0.2) is 9.59 Å². The molecule has 0 aliphatic carbocycles. The fourth-order valence-corrected chi connectivity index (χ4v) is 4.41. The highest BCUT2D eigenvalue weighted by molar-refractivity contribution is 7.12. The molecule has 0 radical (unpaired) electrons. The average molecular weight is 539 g/mol. The zero-order valence-electron chi connectivity index (χ0n) is 20.6. The number of nitrogens with one attached hydrogen (secondary N) is 3. The molecule has 2 heterocycles. The first-order valence-electron chi connectivity index (χ1n) is 11.3. The van der Waals surface area contributed by atoms with Gasteiger partial charge in [0.2, 0.25) is 0 Å². The summed E-state index contributed by atoms with van der Waals surface area (Å²) in [5.74, 6) is 0.00473. The van der Waals surface area contributed by atoms with E-state index in [1.165, 1.54) is 13.2 Å². The van der Waals surface area contributed by atoms with E-state index in [1.807, 2.05) is 0 Å². The van der Waals surface area contributed by atoms with Crippen molar-refractivity contribution in [1.82, 2.24) is 14.8 Å². The first kappa shape index (κ1) is 26.4. The van der Waals surface area contributed by atoms with Crippen molar-refractivity contribution in [3.63, 3.8) is 0 Å². The summed E-state index contributed by atoms with van der Waals surface area (Å²) >= 11 is 1.00. The zero-order valence-corrected chi connectivity index (χ0v) is 21.4. The lowest BCUT2D eigenvalue weighted by atomic mass is 10.0. The predicted octanol–water partition coefficient (Wildman–Crippen LogP) is 2.84. The van der Waals surface area contributed by atoms with Gasteiger partial charge in [0.05, 0.1) is 19.4 Å². The van der Waals surface area contributed by atoms with Crippen LogP contribution in [0, 0.1) is 5.41 Å². The van der Waals surface area contributed by atoms with Gasteiger partial charge in [0.15, 0.2) is 17.3 Å². The van der Waals surface area contributed by atoms with Crippen LogP contribution in [0.4, 0.5) is 5.69 Å².